The van der Waals surface area contributed by atoms with E-state index in [-0.39, 0.29) is 11.6 Å². The second-order valence-corrected chi connectivity index (χ2v) is 4.96. The van der Waals surface area contributed by atoms with Gasteiger partial charge in [0.15, 0.2) is 0 Å². The summed E-state index contributed by atoms with van der Waals surface area (Å²) in [4.78, 5) is 14.5. The summed E-state index contributed by atoms with van der Waals surface area (Å²) in [5, 5.41) is 10.9. The van der Waals surface area contributed by atoms with Crippen LogP contribution in [0.15, 0.2) is 34.8 Å². The Balaban J connectivity index is 2.42. The average Bonchev–Trinajstić information content (AvgIpc) is 2.32. The third kappa shape index (κ3) is 3.08. The molecule has 0 atom stereocenters. The van der Waals surface area contributed by atoms with Gasteiger partial charge in [-0.05, 0) is 43.7 Å². The van der Waals surface area contributed by atoms with E-state index in [2.05, 4.69) is 20.9 Å². The molecule has 0 aliphatic carbocycles. The SMILES string of the molecule is Cc1ccc([N+](=O)[O-])c(Oc2ccc(Br)cc2C)n1. The first-order valence-corrected chi connectivity index (χ1v) is 6.32. The van der Waals surface area contributed by atoms with Crippen molar-refractivity contribution in [2.24, 2.45) is 0 Å². The van der Waals surface area contributed by atoms with Gasteiger partial charge in [0.25, 0.3) is 5.88 Å². The lowest BCUT2D eigenvalue weighted by Gasteiger charge is -2.08. The number of aromatic nitrogens is 1. The second kappa shape index (κ2) is 5.36. The molecular weight excluding hydrogens is 312 g/mol. The minimum atomic E-state index is -0.504. The number of benzene rings is 1. The molecule has 1 heterocycles. The third-order valence-electron chi connectivity index (χ3n) is 2.52. The Bertz CT molecular complexity index is 644. The fourth-order valence-corrected chi connectivity index (χ4v) is 2.05. The minimum Gasteiger partial charge on any atom is -0.433 e. The van der Waals surface area contributed by atoms with Crippen molar-refractivity contribution in [3.63, 3.8) is 0 Å². The molecule has 2 aromatic rings. The predicted octanol–water partition coefficient (Wildman–Crippen LogP) is 4.16. The normalized spacial score (nSPS) is 10.3. The van der Waals surface area contributed by atoms with Crippen LogP contribution in [0.4, 0.5) is 5.69 Å². The molecule has 0 N–H and O–H groups in total. The lowest BCUT2D eigenvalue weighted by Crippen LogP contribution is -1.98. The first-order valence-electron chi connectivity index (χ1n) is 5.53. The summed E-state index contributed by atoms with van der Waals surface area (Å²) in [6.07, 6.45) is 0. The first-order chi connectivity index (χ1) is 8.97. The van der Waals surface area contributed by atoms with Gasteiger partial charge in [-0.25, -0.2) is 4.98 Å². The second-order valence-electron chi connectivity index (χ2n) is 4.05. The molecule has 0 bridgehead atoms. The van der Waals surface area contributed by atoms with E-state index in [0.29, 0.717) is 11.4 Å². The molecule has 0 unspecified atom stereocenters. The topological polar surface area (TPSA) is 65.3 Å². The van der Waals surface area contributed by atoms with Crippen LogP contribution >= 0.6 is 15.9 Å². The quantitative estimate of drug-likeness (QED) is 0.628. The van der Waals surface area contributed by atoms with Crippen molar-refractivity contribution in [3.05, 3.63) is 56.2 Å². The summed E-state index contributed by atoms with van der Waals surface area (Å²) in [7, 11) is 0. The fraction of sp³-hybridized carbons (Fsp3) is 0.154. The maximum atomic E-state index is 10.9. The van der Waals surface area contributed by atoms with E-state index in [1.807, 2.05) is 19.1 Å². The summed E-state index contributed by atoms with van der Waals surface area (Å²) >= 11 is 3.35. The number of nitro groups is 1. The zero-order chi connectivity index (χ0) is 14.0. The monoisotopic (exact) mass is 322 g/mol. The molecule has 19 heavy (non-hydrogen) atoms. The Morgan fingerprint density at radius 1 is 1.26 bits per heavy atom. The molecule has 2 rings (SSSR count). The Labute approximate surface area is 118 Å². The Morgan fingerprint density at radius 3 is 2.63 bits per heavy atom. The Morgan fingerprint density at radius 2 is 2.00 bits per heavy atom. The first kappa shape index (κ1) is 13.5. The van der Waals surface area contributed by atoms with Crippen LogP contribution in [0.25, 0.3) is 0 Å². The van der Waals surface area contributed by atoms with Crippen molar-refractivity contribution in [1.29, 1.82) is 0 Å². The van der Waals surface area contributed by atoms with E-state index in [0.717, 1.165) is 10.0 Å². The lowest BCUT2D eigenvalue weighted by molar-refractivity contribution is -0.386. The molecule has 0 aliphatic rings. The summed E-state index contributed by atoms with van der Waals surface area (Å²) in [6.45, 7) is 3.62. The molecule has 0 saturated carbocycles. The lowest BCUT2D eigenvalue weighted by atomic mass is 10.2. The standard InChI is InChI=1S/C13H11BrN2O3/c1-8-7-10(14)4-6-12(8)19-13-11(16(17)18)5-3-9(2)15-13/h3-7H,1-2H3. The van der Waals surface area contributed by atoms with Crippen LogP contribution in [0, 0.1) is 24.0 Å². The van der Waals surface area contributed by atoms with Crippen LogP contribution in [-0.2, 0) is 0 Å². The van der Waals surface area contributed by atoms with Gasteiger partial charge in [0.1, 0.15) is 5.75 Å². The van der Waals surface area contributed by atoms with Crippen LogP contribution in [0.1, 0.15) is 11.3 Å². The minimum absolute atomic E-state index is 0.00965. The van der Waals surface area contributed by atoms with Gasteiger partial charge in [0.2, 0.25) is 0 Å². The van der Waals surface area contributed by atoms with Crippen LogP contribution < -0.4 is 4.74 Å². The number of hydrogen-bond acceptors (Lipinski definition) is 4. The van der Waals surface area contributed by atoms with Gasteiger partial charge >= 0.3 is 5.69 Å². The third-order valence-corrected chi connectivity index (χ3v) is 3.01. The van der Waals surface area contributed by atoms with E-state index in [9.17, 15) is 10.1 Å². The maximum absolute atomic E-state index is 10.9. The molecular formula is C13H11BrN2O3. The van der Waals surface area contributed by atoms with Crippen molar-refractivity contribution in [3.8, 4) is 11.6 Å². The van der Waals surface area contributed by atoms with Gasteiger partial charge < -0.3 is 4.74 Å². The number of pyridine rings is 1. The summed E-state index contributed by atoms with van der Waals surface area (Å²) in [5.74, 6) is 0.555. The van der Waals surface area contributed by atoms with E-state index in [1.165, 1.54) is 6.07 Å². The van der Waals surface area contributed by atoms with Crippen LogP contribution in [-0.4, -0.2) is 9.91 Å². The highest BCUT2D eigenvalue weighted by Gasteiger charge is 2.18. The van der Waals surface area contributed by atoms with Crippen molar-refractivity contribution >= 4 is 21.6 Å². The van der Waals surface area contributed by atoms with Crippen molar-refractivity contribution < 1.29 is 9.66 Å². The van der Waals surface area contributed by atoms with Crippen molar-refractivity contribution in [2.45, 2.75) is 13.8 Å². The largest absolute Gasteiger partial charge is 0.433 e. The molecule has 0 radical (unpaired) electrons. The molecule has 0 spiro atoms. The van der Waals surface area contributed by atoms with Crippen LogP contribution in [0.5, 0.6) is 11.6 Å². The highest BCUT2D eigenvalue weighted by atomic mass is 79.9. The number of aryl methyl sites for hydroxylation is 2. The summed E-state index contributed by atoms with van der Waals surface area (Å²) in [6, 6.07) is 8.40. The molecule has 0 aliphatic heterocycles. The number of hydrogen-bond donors (Lipinski definition) is 0. The van der Waals surface area contributed by atoms with Crippen molar-refractivity contribution in [1.82, 2.24) is 4.98 Å². The highest BCUT2D eigenvalue weighted by molar-refractivity contribution is 9.10. The smallest absolute Gasteiger partial charge is 0.331 e. The molecule has 1 aromatic heterocycles. The molecule has 5 nitrogen and oxygen atoms in total. The van der Waals surface area contributed by atoms with Gasteiger partial charge in [-0.3, -0.25) is 10.1 Å². The average molecular weight is 323 g/mol. The number of halogens is 1. The van der Waals surface area contributed by atoms with Gasteiger partial charge in [-0.1, -0.05) is 15.9 Å². The predicted molar refractivity (Wildman–Crippen MR) is 74.6 cm³/mol. The highest BCUT2D eigenvalue weighted by Crippen LogP contribution is 2.32. The summed E-state index contributed by atoms with van der Waals surface area (Å²) < 4.78 is 6.48. The van der Waals surface area contributed by atoms with Crippen molar-refractivity contribution in [2.75, 3.05) is 0 Å². The van der Waals surface area contributed by atoms with E-state index in [4.69, 9.17) is 4.74 Å². The molecule has 0 amide bonds. The van der Waals surface area contributed by atoms with Gasteiger partial charge in [0, 0.05) is 16.2 Å². The molecule has 6 heteroatoms. The zero-order valence-corrected chi connectivity index (χ0v) is 12.0. The van der Waals surface area contributed by atoms with Gasteiger partial charge in [0.05, 0.1) is 4.92 Å². The molecule has 98 valence electrons. The zero-order valence-electron chi connectivity index (χ0n) is 10.4. The van der Waals surface area contributed by atoms with Crippen LogP contribution in [0.3, 0.4) is 0 Å². The number of ether oxygens (including phenoxy) is 1. The number of nitrogens with zero attached hydrogens (tertiary/aromatic N) is 2. The molecule has 1 aromatic carbocycles. The van der Waals surface area contributed by atoms with Crippen LogP contribution in [0.2, 0.25) is 0 Å². The fourth-order valence-electron chi connectivity index (χ4n) is 1.57. The van der Waals surface area contributed by atoms with E-state index >= 15 is 0 Å². The van der Waals surface area contributed by atoms with Gasteiger partial charge in [-0.2, -0.15) is 0 Å². The van der Waals surface area contributed by atoms with E-state index < -0.39 is 4.92 Å². The van der Waals surface area contributed by atoms with Gasteiger partial charge in [-0.15, -0.1) is 0 Å². The summed E-state index contributed by atoms with van der Waals surface area (Å²) in [5.41, 5.74) is 1.38. The molecule has 0 fully saturated rings. The Kier molecular flexibility index (Phi) is 3.80. The Hall–Kier alpha value is -1.95. The number of rotatable bonds is 3. The van der Waals surface area contributed by atoms with E-state index in [1.54, 1.807) is 19.1 Å². The maximum Gasteiger partial charge on any atom is 0.331 e. The molecule has 0 saturated heterocycles.